The van der Waals surface area contributed by atoms with Gasteiger partial charge in [-0.3, -0.25) is 4.79 Å². The van der Waals surface area contributed by atoms with Crippen molar-refractivity contribution in [3.63, 3.8) is 0 Å². The number of phenolic OH excluding ortho intramolecular Hbond substituents is 1. The Balaban J connectivity index is 0.000000579. The van der Waals surface area contributed by atoms with Crippen molar-refractivity contribution >= 4 is 13.2 Å². The number of phenols is 1. The van der Waals surface area contributed by atoms with Gasteiger partial charge in [0.2, 0.25) is 0 Å². The maximum absolute atomic E-state index is 10.4. The predicted molar refractivity (Wildman–Crippen MR) is 133 cm³/mol. The van der Waals surface area contributed by atoms with Gasteiger partial charge < -0.3 is 15.9 Å². The maximum Gasteiger partial charge on any atom is 0.320 e. The van der Waals surface area contributed by atoms with Crippen molar-refractivity contribution in [1.82, 2.24) is 0 Å². The van der Waals surface area contributed by atoms with Crippen LogP contribution in [0.1, 0.15) is 84.6 Å². The Kier molecular flexibility index (Phi) is 16.9. The normalized spacial score (nSPS) is 12.2. The van der Waals surface area contributed by atoms with E-state index in [0.29, 0.717) is 0 Å². The van der Waals surface area contributed by atoms with Gasteiger partial charge in [0.15, 0.2) is 0 Å². The van der Waals surface area contributed by atoms with Crippen molar-refractivity contribution in [1.29, 1.82) is 0 Å². The summed E-state index contributed by atoms with van der Waals surface area (Å²) in [6, 6.07) is 5.42. The minimum absolute atomic E-state index is 0.160. The molecule has 30 heavy (non-hydrogen) atoms. The van der Waals surface area contributed by atoms with Crippen LogP contribution in [-0.2, 0) is 11.2 Å². The highest BCUT2D eigenvalue weighted by atomic mass is 31.2. The van der Waals surface area contributed by atoms with Crippen LogP contribution >= 0.6 is 7.26 Å². The van der Waals surface area contributed by atoms with Gasteiger partial charge in [0, 0.05) is 7.26 Å². The van der Waals surface area contributed by atoms with Crippen LogP contribution in [0.2, 0.25) is 0 Å². The van der Waals surface area contributed by atoms with Crippen LogP contribution < -0.4 is 5.73 Å². The monoisotopic (exact) mass is 440 g/mol. The Morgan fingerprint density at radius 1 is 0.833 bits per heavy atom. The molecule has 0 aliphatic carbocycles. The highest BCUT2D eigenvalue weighted by molar-refractivity contribution is 7.75. The van der Waals surface area contributed by atoms with Gasteiger partial charge in [0.05, 0.1) is 24.6 Å². The zero-order chi connectivity index (χ0) is 22.8. The zero-order valence-corrected chi connectivity index (χ0v) is 20.8. The number of aliphatic carboxylic acids is 1. The molecule has 0 amide bonds. The summed E-state index contributed by atoms with van der Waals surface area (Å²) in [5.74, 6) is -0.860. The summed E-state index contributed by atoms with van der Waals surface area (Å²) in [6.07, 6.45) is 18.2. The Hall–Kier alpha value is -1.12. The molecule has 0 spiro atoms. The first-order valence-electron chi connectivity index (χ1n) is 11.9. The predicted octanol–water partition coefficient (Wildman–Crippen LogP) is 6.55. The summed E-state index contributed by atoms with van der Waals surface area (Å²) < 4.78 is 0. The van der Waals surface area contributed by atoms with E-state index in [1.54, 1.807) is 36.8 Å². The van der Waals surface area contributed by atoms with Crippen LogP contribution in [0, 0.1) is 0 Å². The van der Waals surface area contributed by atoms with E-state index in [1.165, 1.54) is 63.5 Å². The second-order valence-corrected chi connectivity index (χ2v) is 12.9. The van der Waals surface area contributed by atoms with E-state index in [1.807, 2.05) is 0 Å². The molecule has 0 aromatic heterocycles. The van der Waals surface area contributed by atoms with Gasteiger partial charge in [0.1, 0.15) is 11.8 Å². The highest BCUT2D eigenvalue weighted by Gasteiger charge is 2.34. The van der Waals surface area contributed by atoms with Crippen LogP contribution in [0.4, 0.5) is 0 Å². The Bertz CT molecular complexity index is 510. The number of benzene rings is 1. The van der Waals surface area contributed by atoms with Gasteiger partial charge >= 0.3 is 5.97 Å². The standard InChI is InChI=1S/C16H36P.C9H11NO3/c1-5-9-13-17(14-10-6-2,15-11-7-3)16-12-8-4;10-8(9(12)13)5-6-1-3-7(11)4-2-6/h5-16H2,1-4H3;1-4,8,11H,5,10H2,(H,12,13)/q+1;/t;8-/m.0/s1. The van der Waals surface area contributed by atoms with Crippen LogP contribution in [0.15, 0.2) is 24.3 Å². The summed E-state index contributed by atoms with van der Waals surface area (Å²) in [6.45, 7) is 9.42. The Labute approximate surface area is 186 Å². The molecule has 0 radical (unpaired) electrons. The molecule has 0 aliphatic heterocycles. The highest BCUT2D eigenvalue weighted by Crippen LogP contribution is 2.61. The van der Waals surface area contributed by atoms with Gasteiger partial charge in [-0.2, -0.15) is 0 Å². The largest absolute Gasteiger partial charge is 0.508 e. The summed E-state index contributed by atoms with van der Waals surface area (Å²) in [7, 11) is -0.562. The topological polar surface area (TPSA) is 83.5 Å². The number of unbranched alkanes of at least 4 members (excludes halogenated alkanes) is 4. The van der Waals surface area contributed by atoms with E-state index in [-0.39, 0.29) is 12.2 Å². The number of carboxylic acid groups (broad SMARTS) is 1. The first-order valence-corrected chi connectivity index (χ1v) is 14.5. The van der Waals surface area contributed by atoms with E-state index in [2.05, 4.69) is 27.7 Å². The van der Waals surface area contributed by atoms with E-state index in [9.17, 15) is 4.79 Å². The van der Waals surface area contributed by atoms with E-state index < -0.39 is 19.3 Å². The molecular formula is C25H47NO3P+. The molecule has 0 fully saturated rings. The Morgan fingerprint density at radius 2 is 1.20 bits per heavy atom. The van der Waals surface area contributed by atoms with Crippen LogP contribution in [0.25, 0.3) is 0 Å². The third kappa shape index (κ3) is 13.2. The van der Waals surface area contributed by atoms with Crippen LogP contribution in [0.3, 0.4) is 0 Å². The maximum atomic E-state index is 10.4. The number of hydrogen-bond donors (Lipinski definition) is 3. The number of rotatable bonds is 15. The van der Waals surface area contributed by atoms with Crippen molar-refractivity contribution in [3.8, 4) is 5.75 Å². The number of nitrogens with two attached hydrogens (primary N) is 1. The minimum atomic E-state index is -1.02. The number of hydrogen-bond acceptors (Lipinski definition) is 3. The SMILES string of the molecule is CCCC[P+](CCCC)(CCCC)CCCC.N[C@@H](Cc1ccc(O)cc1)C(=O)O. The third-order valence-corrected chi connectivity index (χ3v) is 10.7. The molecule has 174 valence electrons. The van der Waals surface area contributed by atoms with Gasteiger partial charge in [0.25, 0.3) is 0 Å². The average Bonchev–Trinajstić information content (AvgIpc) is 2.74. The van der Waals surface area contributed by atoms with Crippen molar-refractivity contribution in [3.05, 3.63) is 29.8 Å². The molecule has 0 bridgehead atoms. The van der Waals surface area contributed by atoms with Gasteiger partial charge in [-0.05, 0) is 49.8 Å². The Morgan fingerprint density at radius 3 is 1.50 bits per heavy atom. The van der Waals surface area contributed by atoms with Crippen LogP contribution in [-0.4, -0.2) is 46.9 Å². The molecule has 0 saturated carbocycles. The first kappa shape index (κ1) is 28.9. The van der Waals surface area contributed by atoms with Gasteiger partial charge in [-0.15, -0.1) is 0 Å². The molecular weight excluding hydrogens is 393 g/mol. The molecule has 5 heteroatoms. The summed E-state index contributed by atoms with van der Waals surface area (Å²) in [5.41, 5.74) is 6.12. The molecule has 4 N–H and O–H groups in total. The molecule has 0 saturated heterocycles. The zero-order valence-electron chi connectivity index (χ0n) is 19.9. The lowest BCUT2D eigenvalue weighted by Crippen LogP contribution is -2.32. The molecule has 0 heterocycles. The van der Waals surface area contributed by atoms with E-state index in [0.717, 1.165) is 5.56 Å². The summed E-state index contributed by atoms with van der Waals surface area (Å²) in [5, 5.41) is 17.5. The van der Waals surface area contributed by atoms with Crippen molar-refractivity contribution in [2.24, 2.45) is 5.73 Å². The van der Waals surface area contributed by atoms with Crippen molar-refractivity contribution in [2.45, 2.75) is 91.5 Å². The first-order chi connectivity index (χ1) is 14.3. The third-order valence-electron chi connectivity index (χ3n) is 5.65. The lowest BCUT2D eigenvalue weighted by molar-refractivity contribution is -0.138. The van der Waals surface area contributed by atoms with Crippen LogP contribution in [0.5, 0.6) is 5.75 Å². The minimum Gasteiger partial charge on any atom is -0.508 e. The second-order valence-electron chi connectivity index (χ2n) is 8.47. The van der Waals surface area contributed by atoms with Crippen molar-refractivity contribution in [2.75, 3.05) is 24.6 Å². The smallest absolute Gasteiger partial charge is 0.320 e. The molecule has 1 aromatic carbocycles. The molecule has 4 nitrogen and oxygen atoms in total. The number of aromatic hydroxyl groups is 1. The van der Waals surface area contributed by atoms with Gasteiger partial charge in [-0.1, -0.05) is 65.5 Å². The summed E-state index contributed by atoms with van der Waals surface area (Å²) >= 11 is 0. The lowest BCUT2D eigenvalue weighted by Gasteiger charge is -2.28. The molecule has 0 aliphatic rings. The lowest BCUT2D eigenvalue weighted by atomic mass is 10.1. The fourth-order valence-electron chi connectivity index (χ4n) is 3.62. The fraction of sp³-hybridized carbons (Fsp3) is 0.720. The van der Waals surface area contributed by atoms with E-state index >= 15 is 0 Å². The number of carboxylic acids is 1. The number of carbonyl (C=O) groups is 1. The molecule has 1 aromatic rings. The summed E-state index contributed by atoms with van der Waals surface area (Å²) in [4.78, 5) is 10.4. The average molecular weight is 441 g/mol. The molecule has 1 atom stereocenters. The fourth-order valence-corrected chi connectivity index (χ4v) is 8.91. The molecule has 0 unspecified atom stereocenters. The molecule has 1 rings (SSSR count). The second kappa shape index (κ2) is 17.5. The van der Waals surface area contributed by atoms with E-state index in [4.69, 9.17) is 15.9 Å². The quantitative estimate of drug-likeness (QED) is 0.270. The van der Waals surface area contributed by atoms with Crippen molar-refractivity contribution < 1.29 is 15.0 Å². The van der Waals surface area contributed by atoms with Gasteiger partial charge in [-0.25, -0.2) is 0 Å².